The topological polar surface area (TPSA) is 78.5 Å². The molecule has 1 heterocycles. The number of nitrogens with zero attached hydrogens (tertiary/aromatic N) is 1. The van der Waals surface area contributed by atoms with Gasteiger partial charge in [-0.25, -0.2) is 4.79 Å². The standard InChI is InChI=1S/C21H29N3O3/c1-4-15-9-11-21(12-10-15)19(26)24(20(27)23-21)13-17(25)22-18-14(3)7-6-8-16(18)5-2/h6-8,15H,4-5,9-13H2,1-3H3,(H,22,25)(H,23,27). The molecule has 0 aromatic heterocycles. The minimum Gasteiger partial charge on any atom is -0.324 e. The molecular formula is C21H29N3O3. The highest BCUT2D eigenvalue weighted by molar-refractivity contribution is 6.10. The second-order valence-electron chi connectivity index (χ2n) is 7.77. The number of benzene rings is 1. The fourth-order valence-electron chi connectivity index (χ4n) is 4.26. The van der Waals surface area contributed by atoms with Crippen LogP contribution in [0.3, 0.4) is 0 Å². The number of hydrogen-bond donors (Lipinski definition) is 2. The Morgan fingerprint density at radius 1 is 1.26 bits per heavy atom. The maximum Gasteiger partial charge on any atom is 0.325 e. The van der Waals surface area contributed by atoms with Crippen molar-refractivity contribution < 1.29 is 14.4 Å². The predicted molar refractivity (Wildman–Crippen MR) is 104 cm³/mol. The molecule has 0 unspecified atom stereocenters. The van der Waals surface area contributed by atoms with Crippen molar-refractivity contribution in [2.24, 2.45) is 5.92 Å². The van der Waals surface area contributed by atoms with Crippen molar-refractivity contribution in [2.45, 2.75) is 64.8 Å². The number of carbonyl (C=O) groups excluding carboxylic acids is 3. The van der Waals surface area contributed by atoms with E-state index in [2.05, 4.69) is 17.6 Å². The van der Waals surface area contributed by atoms with Crippen LogP contribution in [0.2, 0.25) is 0 Å². The Balaban J connectivity index is 1.68. The van der Waals surface area contributed by atoms with Crippen LogP contribution >= 0.6 is 0 Å². The number of hydrogen-bond acceptors (Lipinski definition) is 3. The number of nitrogens with one attached hydrogen (secondary N) is 2. The maximum absolute atomic E-state index is 12.9. The van der Waals surface area contributed by atoms with Crippen molar-refractivity contribution in [1.29, 1.82) is 0 Å². The van der Waals surface area contributed by atoms with Gasteiger partial charge in [-0.2, -0.15) is 0 Å². The summed E-state index contributed by atoms with van der Waals surface area (Å²) in [6.45, 7) is 5.87. The molecule has 6 nitrogen and oxygen atoms in total. The zero-order valence-corrected chi connectivity index (χ0v) is 16.4. The zero-order chi connectivity index (χ0) is 19.6. The van der Waals surface area contributed by atoms with E-state index in [1.54, 1.807) is 0 Å². The van der Waals surface area contributed by atoms with Gasteiger partial charge < -0.3 is 10.6 Å². The third-order valence-electron chi connectivity index (χ3n) is 6.09. The average Bonchev–Trinajstić information content (AvgIpc) is 2.88. The molecule has 0 atom stereocenters. The summed E-state index contributed by atoms with van der Waals surface area (Å²) in [5.41, 5.74) is 1.97. The Morgan fingerprint density at radius 2 is 1.96 bits per heavy atom. The second kappa shape index (κ2) is 7.71. The summed E-state index contributed by atoms with van der Waals surface area (Å²) in [5, 5.41) is 5.77. The molecule has 2 N–H and O–H groups in total. The fraction of sp³-hybridized carbons (Fsp3) is 0.571. The molecule has 1 saturated carbocycles. The molecule has 1 aromatic rings. The van der Waals surface area contributed by atoms with Crippen molar-refractivity contribution in [2.75, 3.05) is 11.9 Å². The predicted octanol–water partition coefficient (Wildman–Crippen LogP) is 3.39. The first-order valence-corrected chi connectivity index (χ1v) is 9.92. The van der Waals surface area contributed by atoms with E-state index in [0.717, 1.165) is 47.4 Å². The van der Waals surface area contributed by atoms with E-state index in [0.29, 0.717) is 18.8 Å². The number of urea groups is 1. The Kier molecular flexibility index (Phi) is 5.53. The molecule has 1 aliphatic carbocycles. The molecule has 3 rings (SSSR count). The molecule has 1 aliphatic heterocycles. The molecule has 0 bridgehead atoms. The van der Waals surface area contributed by atoms with Crippen molar-refractivity contribution in [3.05, 3.63) is 29.3 Å². The molecule has 1 saturated heterocycles. The lowest BCUT2D eigenvalue weighted by Crippen LogP contribution is -2.49. The summed E-state index contributed by atoms with van der Waals surface area (Å²) in [6.07, 6.45) is 5.08. The van der Waals surface area contributed by atoms with Crippen LogP contribution < -0.4 is 10.6 Å². The first-order chi connectivity index (χ1) is 12.9. The Bertz CT molecular complexity index is 751. The molecule has 4 amide bonds. The molecule has 6 heteroatoms. The first-order valence-electron chi connectivity index (χ1n) is 9.92. The van der Waals surface area contributed by atoms with Crippen molar-refractivity contribution >= 4 is 23.5 Å². The summed E-state index contributed by atoms with van der Waals surface area (Å²) >= 11 is 0. The average molecular weight is 371 g/mol. The molecule has 1 aromatic carbocycles. The van der Waals surface area contributed by atoms with Gasteiger partial charge in [-0.05, 0) is 56.1 Å². The second-order valence-corrected chi connectivity index (χ2v) is 7.77. The van der Waals surface area contributed by atoms with Gasteiger partial charge in [-0.1, -0.05) is 38.5 Å². The van der Waals surface area contributed by atoms with Crippen LogP contribution in [0.4, 0.5) is 10.5 Å². The van der Waals surface area contributed by atoms with Crippen LogP contribution in [0.1, 0.15) is 57.1 Å². The number of carbonyl (C=O) groups is 3. The molecule has 27 heavy (non-hydrogen) atoms. The molecule has 2 fully saturated rings. The number of amides is 4. The molecule has 1 spiro atoms. The Hall–Kier alpha value is -2.37. The minimum absolute atomic E-state index is 0.249. The Labute approximate surface area is 160 Å². The third kappa shape index (κ3) is 3.70. The third-order valence-corrected chi connectivity index (χ3v) is 6.09. The van der Waals surface area contributed by atoms with Gasteiger partial charge in [0, 0.05) is 5.69 Å². The summed E-state index contributed by atoms with van der Waals surface area (Å²) in [4.78, 5) is 39.0. The summed E-state index contributed by atoms with van der Waals surface area (Å²) in [7, 11) is 0. The van der Waals surface area contributed by atoms with E-state index in [9.17, 15) is 14.4 Å². The lowest BCUT2D eigenvalue weighted by Gasteiger charge is -2.34. The molecular weight excluding hydrogens is 342 g/mol. The van der Waals surface area contributed by atoms with Crippen molar-refractivity contribution in [1.82, 2.24) is 10.2 Å². The lowest BCUT2D eigenvalue weighted by atomic mass is 9.75. The molecule has 0 radical (unpaired) electrons. The fourth-order valence-corrected chi connectivity index (χ4v) is 4.26. The number of rotatable bonds is 5. The molecule has 146 valence electrons. The van der Waals surface area contributed by atoms with E-state index in [-0.39, 0.29) is 18.4 Å². The van der Waals surface area contributed by atoms with Crippen molar-refractivity contribution in [3.63, 3.8) is 0 Å². The highest BCUT2D eigenvalue weighted by Crippen LogP contribution is 2.37. The quantitative estimate of drug-likeness (QED) is 0.779. The van der Waals surface area contributed by atoms with Gasteiger partial charge >= 0.3 is 6.03 Å². The van der Waals surface area contributed by atoms with Crippen molar-refractivity contribution in [3.8, 4) is 0 Å². The monoisotopic (exact) mass is 371 g/mol. The van der Waals surface area contributed by atoms with Crippen LogP contribution in [-0.4, -0.2) is 34.8 Å². The maximum atomic E-state index is 12.9. The van der Waals surface area contributed by atoms with Crippen LogP contribution in [0.5, 0.6) is 0 Å². The minimum atomic E-state index is -0.805. The highest BCUT2D eigenvalue weighted by Gasteiger charge is 2.52. The van der Waals surface area contributed by atoms with E-state index in [1.807, 2.05) is 32.0 Å². The van der Waals surface area contributed by atoms with Gasteiger partial charge in [0.05, 0.1) is 0 Å². The normalized spacial score (nSPS) is 25.0. The smallest absolute Gasteiger partial charge is 0.324 e. The van der Waals surface area contributed by atoms with Gasteiger partial charge in [-0.3, -0.25) is 14.5 Å². The van der Waals surface area contributed by atoms with Gasteiger partial charge in [0.1, 0.15) is 12.1 Å². The number of para-hydroxylation sites is 1. The van der Waals surface area contributed by atoms with Crippen LogP contribution in [0.15, 0.2) is 18.2 Å². The number of aryl methyl sites for hydroxylation is 2. The number of imide groups is 1. The number of anilines is 1. The van der Waals surface area contributed by atoms with Crippen LogP contribution in [0, 0.1) is 12.8 Å². The van der Waals surface area contributed by atoms with Gasteiger partial charge in [0.15, 0.2) is 0 Å². The van der Waals surface area contributed by atoms with E-state index < -0.39 is 11.6 Å². The Morgan fingerprint density at radius 3 is 2.59 bits per heavy atom. The first kappa shape index (κ1) is 19.4. The van der Waals surface area contributed by atoms with E-state index in [4.69, 9.17) is 0 Å². The van der Waals surface area contributed by atoms with E-state index in [1.165, 1.54) is 0 Å². The SMILES string of the molecule is CCc1cccc(C)c1NC(=O)CN1C(=O)NC2(CCC(CC)CC2)C1=O. The summed E-state index contributed by atoms with van der Waals surface area (Å²) in [5.74, 6) is 0.0192. The van der Waals surface area contributed by atoms with Gasteiger partial charge in [0.2, 0.25) is 5.91 Å². The largest absolute Gasteiger partial charge is 0.325 e. The molecule has 2 aliphatic rings. The van der Waals surface area contributed by atoms with Gasteiger partial charge in [-0.15, -0.1) is 0 Å². The lowest BCUT2D eigenvalue weighted by molar-refractivity contribution is -0.135. The highest BCUT2D eigenvalue weighted by atomic mass is 16.2. The van der Waals surface area contributed by atoms with E-state index >= 15 is 0 Å². The summed E-state index contributed by atoms with van der Waals surface area (Å²) < 4.78 is 0. The van der Waals surface area contributed by atoms with Crippen LogP contribution in [0.25, 0.3) is 0 Å². The van der Waals surface area contributed by atoms with Gasteiger partial charge in [0.25, 0.3) is 5.91 Å². The zero-order valence-electron chi connectivity index (χ0n) is 16.4. The summed E-state index contributed by atoms with van der Waals surface area (Å²) in [6, 6.07) is 5.41. The van der Waals surface area contributed by atoms with Crippen LogP contribution in [-0.2, 0) is 16.0 Å².